The Labute approximate surface area is 128 Å². The lowest BCUT2D eigenvalue weighted by molar-refractivity contribution is -0.0975. The summed E-state index contributed by atoms with van der Waals surface area (Å²) in [6.45, 7) is 10.4. The maximum Gasteiger partial charge on any atom is 0.203 e. The smallest absolute Gasteiger partial charge is 0.203 e. The lowest BCUT2D eigenvalue weighted by Crippen LogP contribution is -2.61. The van der Waals surface area contributed by atoms with Crippen LogP contribution in [0.2, 0.25) is 0 Å². The number of nitrogens with one attached hydrogen (secondary N) is 1. The van der Waals surface area contributed by atoms with Crippen molar-refractivity contribution in [2.24, 2.45) is 16.7 Å². The van der Waals surface area contributed by atoms with Crippen LogP contribution < -0.4 is 5.32 Å². The fourth-order valence-corrected chi connectivity index (χ4v) is 6.71. The van der Waals surface area contributed by atoms with Gasteiger partial charge in [0.2, 0.25) is 5.95 Å². The molecule has 5 rings (SSSR count). The summed E-state index contributed by atoms with van der Waals surface area (Å²) < 4.78 is 2.28. The van der Waals surface area contributed by atoms with Crippen molar-refractivity contribution in [2.45, 2.75) is 78.3 Å². The first-order chi connectivity index (χ1) is 9.83. The second-order valence-electron chi connectivity index (χ2n) is 9.03. The molecule has 21 heavy (non-hydrogen) atoms. The zero-order chi connectivity index (χ0) is 14.9. The maximum atomic E-state index is 4.75. The standard InChI is InChI=1S/C18H29N3/c1-5-21-9-13(2)19-15(21)20-18-8-14-6-16(3,11-18)10-17(4,7-14)12-18/h9,14H,5-8,10-12H2,1-4H3,(H,19,20). The van der Waals surface area contributed by atoms with Crippen molar-refractivity contribution in [1.82, 2.24) is 9.55 Å². The van der Waals surface area contributed by atoms with E-state index in [-0.39, 0.29) is 0 Å². The van der Waals surface area contributed by atoms with E-state index >= 15 is 0 Å². The van der Waals surface area contributed by atoms with Gasteiger partial charge in [0, 0.05) is 18.3 Å². The van der Waals surface area contributed by atoms with Crippen LogP contribution in [0.4, 0.5) is 5.95 Å². The van der Waals surface area contributed by atoms with Gasteiger partial charge in [-0.15, -0.1) is 0 Å². The summed E-state index contributed by atoms with van der Waals surface area (Å²) in [5.74, 6) is 2.03. The van der Waals surface area contributed by atoms with Gasteiger partial charge >= 0.3 is 0 Å². The van der Waals surface area contributed by atoms with Crippen molar-refractivity contribution in [3.05, 3.63) is 11.9 Å². The summed E-state index contributed by atoms with van der Waals surface area (Å²) in [7, 11) is 0. The molecule has 2 unspecified atom stereocenters. The van der Waals surface area contributed by atoms with Crippen LogP contribution in [0.15, 0.2) is 6.20 Å². The molecule has 0 saturated heterocycles. The molecule has 1 aromatic rings. The molecule has 4 aliphatic carbocycles. The van der Waals surface area contributed by atoms with Crippen molar-refractivity contribution < 1.29 is 0 Å². The lowest BCUT2D eigenvalue weighted by Gasteiger charge is -2.65. The molecule has 0 spiro atoms. The number of hydrogen-bond acceptors (Lipinski definition) is 2. The molecule has 1 heterocycles. The van der Waals surface area contributed by atoms with E-state index in [2.05, 4.69) is 43.8 Å². The summed E-state index contributed by atoms with van der Waals surface area (Å²) >= 11 is 0. The van der Waals surface area contributed by atoms with Gasteiger partial charge in [0.1, 0.15) is 0 Å². The summed E-state index contributed by atoms with van der Waals surface area (Å²) in [6, 6.07) is 0. The topological polar surface area (TPSA) is 29.9 Å². The fraction of sp³-hybridized carbons (Fsp3) is 0.833. The molecule has 4 bridgehead atoms. The first-order valence-electron chi connectivity index (χ1n) is 8.65. The Hall–Kier alpha value is -0.990. The minimum atomic E-state index is 0.299. The third-order valence-corrected chi connectivity index (χ3v) is 6.24. The highest BCUT2D eigenvalue weighted by atomic mass is 15.2. The second kappa shape index (κ2) is 4.05. The molecule has 0 aromatic carbocycles. The van der Waals surface area contributed by atoms with Gasteiger partial charge in [-0.05, 0) is 69.1 Å². The van der Waals surface area contributed by atoms with Crippen molar-refractivity contribution >= 4 is 5.95 Å². The Balaban J connectivity index is 1.68. The molecule has 3 heteroatoms. The molecule has 116 valence electrons. The minimum Gasteiger partial charge on any atom is -0.350 e. The van der Waals surface area contributed by atoms with Crippen LogP contribution in [0, 0.1) is 23.7 Å². The maximum absolute atomic E-state index is 4.75. The quantitative estimate of drug-likeness (QED) is 0.894. The average molecular weight is 287 g/mol. The summed E-state index contributed by atoms with van der Waals surface area (Å²) in [4.78, 5) is 4.75. The zero-order valence-electron chi connectivity index (χ0n) is 14.0. The monoisotopic (exact) mass is 287 g/mol. The third-order valence-electron chi connectivity index (χ3n) is 6.24. The largest absolute Gasteiger partial charge is 0.350 e. The summed E-state index contributed by atoms with van der Waals surface area (Å²) in [6.07, 6.45) is 10.5. The molecular formula is C18H29N3. The van der Waals surface area contributed by atoms with Crippen molar-refractivity contribution in [1.29, 1.82) is 0 Å². The average Bonchev–Trinajstić information content (AvgIpc) is 2.63. The summed E-state index contributed by atoms with van der Waals surface area (Å²) in [5, 5.41) is 3.93. The minimum absolute atomic E-state index is 0.299. The van der Waals surface area contributed by atoms with Crippen LogP contribution in [0.3, 0.4) is 0 Å². The second-order valence-corrected chi connectivity index (χ2v) is 9.03. The Bertz CT molecular complexity index is 555. The van der Waals surface area contributed by atoms with E-state index in [1.54, 1.807) is 0 Å². The summed E-state index contributed by atoms with van der Waals surface area (Å²) in [5.41, 5.74) is 2.54. The Morgan fingerprint density at radius 1 is 1.19 bits per heavy atom. The van der Waals surface area contributed by atoms with Crippen molar-refractivity contribution in [3.8, 4) is 0 Å². The van der Waals surface area contributed by atoms with E-state index < -0.39 is 0 Å². The third kappa shape index (κ3) is 2.11. The first kappa shape index (κ1) is 13.7. The number of hydrogen-bond donors (Lipinski definition) is 1. The number of nitrogens with zero attached hydrogens (tertiary/aromatic N) is 2. The Morgan fingerprint density at radius 2 is 1.86 bits per heavy atom. The molecule has 4 fully saturated rings. The number of imidazole rings is 1. The van der Waals surface area contributed by atoms with Gasteiger partial charge in [0.15, 0.2) is 0 Å². The van der Waals surface area contributed by atoms with E-state index in [0.717, 1.165) is 24.1 Å². The lowest BCUT2D eigenvalue weighted by atomic mass is 9.43. The van der Waals surface area contributed by atoms with Gasteiger partial charge in [-0.25, -0.2) is 4.98 Å². The molecular weight excluding hydrogens is 258 g/mol. The van der Waals surface area contributed by atoms with Gasteiger partial charge in [-0.2, -0.15) is 0 Å². The number of rotatable bonds is 3. The van der Waals surface area contributed by atoms with Crippen LogP contribution in [0.1, 0.15) is 65.0 Å². The van der Waals surface area contributed by atoms with Gasteiger partial charge in [-0.3, -0.25) is 0 Å². The molecule has 4 saturated carbocycles. The Kier molecular flexibility index (Phi) is 2.64. The number of aromatic nitrogens is 2. The SMILES string of the molecule is CCn1cc(C)nc1NC12CC3CC(C)(CC(C)(C3)C1)C2. The molecule has 1 aromatic heterocycles. The number of aryl methyl sites for hydroxylation is 2. The van der Waals surface area contributed by atoms with Gasteiger partial charge < -0.3 is 9.88 Å². The highest BCUT2D eigenvalue weighted by molar-refractivity contribution is 5.36. The Morgan fingerprint density at radius 3 is 2.43 bits per heavy atom. The zero-order valence-corrected chi connectivity index (χ0v) is 14.0. The number of anilines is 1. The van der Waals surface area contributed by atoms with E-state index in [1.165, 1.54) is 38.5 Å². The predicted octanol–water partition coefficient (Wildman–Crippen LogP) is 4.37. The van der Waals surface area contributed by atoms with E-state index in [4.69, 9.17) is 4.98 Å². The fourth-order valence-electron chi connectivity index (χ4n) is 6.71. The highest BCUT2D eigenvalue weighted by Gasteiger charge is 2.60. The molecule has 0 radical (unpaired) electrons. The van der Waals surface area contributed by atoms with Crippen LogP contribution >= 0.6 is 0 Å². The van der Waals surface area contributed by atoms with Crippen LogP contribution in [-0.4, -0.2) is 15.1 Å². The molecule has 4 aliphatic rings. The van der Waals surface area contributed by atoms with Gasteiger partial charge in [-0.1, -0.05) is 13.8 Å². The molecule has 0 amide bonds. The van der Waals surface area contributed by atoms with Gasteiger partial charge in [0.05, 0.1) is 5.69 Å². The first-order valence-corrected chi connectivity index (χ1v) is 8.65. The van der Waals surface area contributed by atoms with E-state index in [9.17, 15) is 0 Å². The molecule has 1 N–H and O–H groups in total. The predicted molar refractivity (Wildman–Crippen MR) is 86.4 cm³/mol. The van der Waals surface area contributed by atoms with Crippen molar-refractivity contribution in [2.75, 3.05) is 5.32 Å². The van der Waals surface area contributed by atoms with Gasteiger partial charge in [0.25, 0.3) is 0 Å². The van der Waals surface area contributed by atoms with Crippen LogP contribution in [-0.2, 0) is 6.54 Å². The highest BCUT2D eigenvalue weighted by Crippen LogP contribution is 2.66. The molecule has 3 nitrogen and oxygen atoms in total. The van der Waals surface area contributed by atoms with Crippen molar-refractivity contribution in [3.63, 3.8) is 0 Å². The molecule has 2 atom stereocenters. The molecule has 0 aliphatic heterocycles. The van der Waals surface area contributed by atoms with Crippen LogP contribution in [0.25, 0.3) is 0 Å². The van der Waals surface area contributed by atoms with Crippen LogP contribution in [0.5, 0.6) is 0 Å². The van der Waals surface area contributed by atoms with E-state index in [0.29, 0.717) is 16.4 Å². The normalized spacial score (nSPS) is 44.3. The van der Waals surface area contributed by atoms with E-state index in [1.807, 2.05) is 0 Å².